The van der Waals surface area contributed by atoms with Crippen LogP contribution < -0.4 is 26.7 Å². The van der Waals surface area contributed by atoms with Crippen molar-refractivity contribution in [1.29, 1.82) is 0 Å². The number of hydrogen-bond donors (Lipinski definition) is 3. The van der Waals surface area contributed by atoms with Crippen molar-refractivity contribution in [2.24, 2.45) is 12.5 Å². The highest BCUT2D eigenvalue weighted by Crippen LogP contribution is 2.59. The van der Waals surface area contributed by atoms with Gasteiger partial charge in [-0.2, -0.15) is 0 Å². The van der Waals surface area contributed by atoms with E-state index < -0.39 is 0 Å². The Morgan fingerprint density at radius 2 is 1.90 bits per heavy atom. The zero-order valence-electron chi connectivity index (χ0n) is 24.1. The average Bonchev–Trinajstić information content (AvgIpc) is 3.65. The van der Waals surface area contributed by atoms with Crippen molar-refractivity contribution in [3.63, 3.8) is 0 Å². The van der Waals surface area contributed by atoms with Crippen LogP contribution in [0.25, 0.3) is 10.8 Å². The molecule has 42 heavy (non-hydrogen) atoms. The number of pyridine rings is 2. The third-order valence-corrected chi connectivity index (χ3v) is 9.54. The lowest BCUT2D eigenvalue weighted by atomic mass is 9.62. The second kappa shape index (κ2) is 9.79. The average molecular weight is 565 g/mol. The van der Waals surface area contributed by atoms with Crippen LogP contribution in [0.15, 0.2) is 65.6 Å². The number of nitrogen functional groups attached to an aromatic ring is 1. The fourth-order valence-electron chi connectivity index (χ4n) is 7.35. The molecule has 9 heteroatoms. The Labute approximate surface area is 244 Å². The molecule has 4 heterocycles. The molecular formula is C33H36N6O3. The van der Waals surface area contributed by atoms with Crippen LogP contribution in [0.4, 0.5) is 22.0 Å². The molecule has 2 aliphatic carbocycles. The summed E-state index contributed by atoms with van der Waals surface area (Å²) in [6.07, 6.45) is 6.67. The molecule has 4 N–H and O–H groups in total. The third-order valence-electron chi connectivity index (χ3n) is 9.54. The summed E-state index contributed by atoms with van der Waals surface area (Å²) in [7, 11) is 1.75. The molecule has 4 aromatic rings. The molecule has 4 aliphatic rings. The Morgan fingerprint density at radius 1 is 1.07 bits per heavy atom. The Bertz CT molecular complexity index is 1770. The monoisotopic (exact) mass is 564 g/mol. The second-order valence-corrected chi connectivity index (χ2v) is 12.4. The van der Waals surface area contributed by atoms with E-state index in [0.717, 1.165) is 53.5 Å². The third kappa shape index (κ3) is 4.44. The van der Waals surface area contributed by atoms with Crippen LogP contribution in [0, 0.1) is 12.3 Å². The minimum absolute atomic E-state index is 0.0927. The molecule has 8 rings (SSSR count). The Morgan fingerprint density at radius 3 is 2.74 bits per heavy atom. The van der Waals surface area contributed by atoms with Gasteiger partial charge in [0.25, 0.3) is 5.56 Å². The molecule has 2 aromatic heterocycles. The first-order valence-corrected chi connectivity index (χ1v) is 14.6. The molecule has 1 saturated carbocycles. The van der Waals surface area contributed by atoms with Crippen molar-refractivity contribution in [3.05, 3.63) is 88.0 Å². The van der Waals surface area contributed by atoms with E-state index >= 15 is 0 Å². The normalized spacial score (nSPS) is 22.1. The van der Waals surface area contributed by atoms with E-state index in [9.17, 15) is 9.59 Å². The number of fused-ring (bicyclic) bond motifs is 3. The van der Waals surface area contributed by atoms with E-state index in [1.165, 1.54) is 23.6 Å². The molecular weight excluding hydrogens is 528 g/mol. The first-order valence-electron chi connectivity index (χ1n) is 14.6. The quantitative estimate of drug-likeness (QED) is 0.295. The van der Waals surface area contributed by atoms with Gasteiger partial charge in [-0.05, 0) is 80.5 Å². The lowest BCUT2D eigenvalue weighted by Crippen LogP contribution is -2.57. The molecule has 2 aromatic carbocycles. The molecule has 0 spiro atoms. The highest BCUT2D eigenvalue weighted by atomic mass is 16.5. The van der Waals surface area contributed by atoms with Crippen LogP contribution in [-0.4, -0.2) is 45.7 Å². The number of urea groups is 1. The van der Waals surface area contributed by atoms with E-state index in [2.05, 4.69) is 27.8 Å². The van der Waals surface area contributed by atoms with Crippen LogP contribution >= 0.6 is 0 Å². The molecule has 2 saturated heterocycles. The summed E-state index contributed by atoms with van der Waals surface area (Å²) < 4.78 is 7.81. The number of nitrogens with two attached hydrogens (primary N) is 1. The molecule has 0 unspecified atom stereocenters. The molecule has 0 atom stereocenters. The summed E-state index contributed by atoms with van der Waals surface area (Å²) in [4.78, 5) is 32.4. The van der Waals surface area contributed by atoms with E-state index in [0.29, 0.717) is 31.3 Å². The van der Waals surface area contributed by atoms with Crippen molar-refractivity contribution in [2.45, 2.75) is 44.6 Å². The van der Waals surface area contributed by atoms with Gasteiger partial charge in [0.2, 0.25) is 0 Å². The molecule has 2 aliphatic heterocycles. The van der Waals surface area contributed by atoms with Crippen LogP contribution in [0.1, 0.15) is 36.1 Å². The molecule has 3 fully saturated rings. The van der Waals surface area contributed by atoms with E-state index in [4.69, 9.17) is 10.5 Å². The topological polar surface area (TPSA) is 115 Å². The Balaban J connectivity index is 1.13. The van der Waals surface area contributed by atoms with Gasteiger partial charge in [-0.3, -0.25) is 4.79 Å². The summed E-state index contributed by atoms with van der Waals surface area (Å²) in [5.41, 5.74) is 10.8. The largest absolute Gasteiger partial charge is 0.493 e. The maximum absolute atomic E-state index is 13.8. The maximum atomic E-state index is 13.8. The number of nitrogens with zero attached hydrogens (tertiary/aromatic N) is 3. The number of aryl methyl sites for hydroxylation is 3. The van der Waals surface area contributed by atoms with Gasteiger partial charge >= 0.3 is 6.03 Å². The first-order chi connectivity index (χ1) is 20.2. The van der Waals surface area contributed by atoms with Gasteiger partial charge in [0.1, 0.15) is 11.6 Å². The standard InChI is InChI=1S/C33H36N6O3/c1-21-13-25(15-29(40)38(21)2)42-20-32-16-33(17-32,18-36-28-8-4-7-27-26(28)11-12-35-30(27)34)39(19-32)31(41)37-24-10-9-22-5-3-6-23(22)14-24/h4,7-15,36H,3,5-6,16-20H2,1-2H3,(H2,34,35)(H,37,41). The van der Waals surface area contributed by atoms with Gasteiger partial charge in [-0.15, -0.1) is 0 Å². The zero-order valence-corrected chi connectivity index (χ0v) is 24.1. The summed E-state index contributed by atoms with van der Waals surface area (Å²) in [6.45, 7) is 3.52. The van der Waals surface area contributed by atoms with Gasteiger partial charge in [-0.1, -0.05) is 18.2 Å². The molecule has 2 bridgehead atoms. The maximum Gasteiger partial charge on any atom is 0.322 e. The minimum Gasteiger partial charge on any atom is -0.493 e. The van der Waals surface area contributed by atoms with Crippen LogP contribution in [-0.2, 0) is 19.9 Å². The highest BCUT2D eigenvalue weighted by Gasteiger charge is 2.67. The van der Waals surface area contributed by atoms with Crippen molar-refractivity contribution in [2.75, 3.05) is 36.1 Å². The molecule has 9 nitrogen and oxygen atoms in total. The lowest BCUT2D eigenvalue weighted by molar-refractivity contribution is 0.0456. The summed E-state index contributed by atoms with van der Waals surface area (Å²) >= 11 is 0. The van der Waals surface area contributed by atoms with Gasteiger partial charge in [0.15, 0.2) is 0 Å². The fraction of sp³-hybridized carbons (Fsp3) is 0.364. The smallest absolute Gasteiger partial charge is 0.322 e. The van der Waals surface area contributed by atoms with Gasteiger partial charge in [-0.25, -0.2) is 9.78 Å². The number of rotatable bonds is 7. The van der Waals surface area contributed by atoms with Gasteiger partial charge in [0.05, 0.1) is 12.1 Å². The Kier molecular flexibility index (Phi) is 6.15. The SMILES string of the molecule is Cc1cc(OCC23CN(C(=O)Nc4ccc5c(c4)CCC5)C(CNc4cccc5c(N)nccc45)(C2)C3)cc(=O)n1C. The predicted molar refractivity (Wildman–Crippen MR) is 165 cm³/mol. The molecule has 216 valence electrons. The van der Waals surface area contributed by atoms with Crippen molar-refractivity contribution >= 4 is 34.0 Å². The number of benzene rings is 2. The van der Waals surface area contributed by atoms with Crippen molar-refractivity contribution in [1.82, 2.24) is 14.5 Å². The highest BCUT2D eigenvalue weighted by molar-refractivity contribution is 5.99. The number of carbonyl (C=O) groups is 1. The van der Waals surface area contributed by atoms with E-state index in [-0.39, 0.29) is 22.5 Å². The number of nitrogens with one attached hydrogen (secondary N) is 2. The van der Waals surface area contributed by atoms with E-state index in [1.54, 1.807) is 17.8 Å². The van der Waals surface area contributed by atoms with Crippen molar-refractivity contribution in [3.8, 4) is 5.75 Å². The zero-order chi connectivity index (χ0) is 29.1. The second-order valence-electron chi connectivity index (χ2n) is 12.4. The lowest BCUT2D eigenvalue weighted by Gasteiger charge is -2.47. The Hall–Kier alpha value is -4.53. The molecule has 0 radical (unpaired) electrons. The summed E-state index contributed by atoms with van der Waals surface area (Å²) in [5.74, 6) is 1.07. The number of carbonyl (C=O) groups excluding carboxylic acids is 1. The summed E-state index contributed by atoms with van der Waals surface area (Å²) in [6, 6.07) is 17.5. The number of ether oxygens (including phenoxy) is 1. The number of anilines is 3. The van der Waals surface area contributed by atoms with Gasteiger partial charge < -0.3 is 30.6 Å². The number of amides is 2. The number of aromatic nitrogens is 2. The molecule has 2 amide bonds. The van der Waals surface area contributed by atoms with Crippen LogP contribution in [0.2, 0.25) is 0 Å². The van der Waals surface area contributed by atoms with Crippen molar-refractivity contribution < 1.29 is 9.53 Å². The number of hydrogen-bond acceptors (Lipinski definition) is 6. The van der Waals surface area contributed by atoms with Crippen LogP contribution in [0.3, 0.4) is 0 Å². The predicted octanol–water partition coefficient (Wildman–Crippen LogP) is 4.87. The summed E-state index contributed by atoms with van der Waals surface area (Å²) in [5, 5.41) is 8.74. The fourth-order valence-corrected chi connectivity index (χ4v) is 7.35. The minimum atomic E-state index is -0.367. The van der Waals surface area contributed by atoms with Crippen LogP contribution in [0.5, 0.6) is 5.75 Å². The first kappa shape index (κ1) is 26.4. The van der Waals surface area contributed by atoms with E-state index in [1.807, 2.05) is 48.2 Å². The van der Waals surface area contributed by atoms with Gasteiger partial charge in [0, 0.05) is 65.7 Å².